The lowest BCUT2D eigenvalue weighted by atomic mass is 10.0. The summed E-state index contributed by atoms with van der Waals surface area (Å²) in [6, 6.07) is 0. The standard InChI is InChI=1S/C42H83NO4/c1-4-7-10-13-16-25-32-39-46-41(44)35-28-21-17-23-30-37-43-38-31-24-18-22-29-36-42(45)47-40(33-26-19-14-11-8-5-2)34-27-20-15-12-9-6-3/h40,43H,4-39H2,1-3H3. The van der Waals surface area contributed by atoms with Gasteiger partial charge in [-0.2, -0.15) is 0 Å². The van der Waals surface area contributed by atoms with Crippen LogP contribution in [0.2, 0.25) is 0 Å². The molecule has 0 saturated heterocycles. The Hall–Kier alpha value is -1.10. The smallest absolute Gasteiger partial charge is 0.306 e. The first-order valence-corrected chi connectivity index (χ1v) is 21.2. The summed E-state index contributed by atoms with van der Waals surface area (Å²) < 4.78 is 11.4. The van der Waals surface area contributed by atoms with Gasteiger partial charge in [0.2, 0.25) is 0 Å². The van der Waals surface area contributed by atoms with E-state index >= 15 is 0 Å². The number of hydrogen-bond acceptors (Lipinski definition) is 5. The van der Waals surface area contributed by atoms with Crippen LogP contribution in [0, 0.1) is 0 Å². The maximum absolute atomic E-state index is 12.6. The van der Waals surface area contributed by atoms with E-state index in [9.17, 15) is 9.59 Å². The van der Waals surface area contributed by atoms with Crippen molar-refractivity contribution in [1.82, 2.24) is 5.32 Å². The zero-order chi connectivity index (χ0) is 34.3. The molecule has 0 bridgehead atoms. The predicted octanol–water partition coefficient (Wildman–Crippen LogP) is 13.0. The maximum atomic E-state index is 12.6. The fourth-order valence-corrected chi connectivity index (χ4v) is 6.35. The van der Waals surface area contributed by atoms with Gasteiger partial charge in [0.15, 0.2) is 0 Å². The van der Waals surface area contributed by atoms with E-state index in [1.165, 1.54) is 154 Å². The molecule has 0 aliphatic heterocycles. The van der Waals surface area contributed by atoms with E-state index in [4.69, 9.17) is 9.47 Å². The summed E-state index contributed by atoms with van der Waals surface area (Å²) in [6.07, 6.45) is 39.2. The highest BCUT2D eigenvalue weighted by Gasteiger charge is 2.14. The lowest BCUT2D eigenvalue weighted by Crippen LogP contribution is -2.18. The first-order chi connectivity index (χ1) is 23.1. The zero-order valence-electron chi connectivity index (χ0n) is 32.2. The first kappa shape index (κ1) is 45.9. The van der Waals surface area contributed by atoms with E-state index in [1.807, 2.05) is 0 Å². The van der Waals surface area contributed by atoms with E-state index < -0.39 is 0 Å². The summed E-state index contributed by atoms with van der Waals surface area (Å²) in [7, 11) is 0. The van der Waals surface area contributed by atoms with Gasteiger partial charge >= 0.3 is 11.9 Å². The van der Waals surface area contributed by atoms with Gasteiger partial charge in [-0.15, -0.1) is 0 Å². The minimum absolute atomic E-state index is 0.0103. The highest BCUT2D eigenvalue weighted by molar-refractivity contribution is 5.69. The molecule has 0 spiro atoms. The van der Waals surface area contributed by atoms with Crippen molar-refractivity contribution in [2.24, 2.45) is 0 Å². The van der Waals surface area contributed by atoms with Crippen LogP contribution in [-0.2, 0) is 19.1 Å². The molecule has 0 aromatic carbocycles. The lowest BCUT2D eigenvalue weighted by Gasteiger charge is -2.18. The molecule has 1 N–H and O–H groups in total. The van der Waals surface area contributed by atoms with Crippen molar-refractivity contribution < 1.29 is 19.1 Å². The number of unbranched alkanes of at least 4 members (excludes halogenated alkanes) is 24. The number of carbonyl (C=O) groups is 2. The third-order valence-electron chi connectivity index (χ3n) is 9.54. The van der Waals surface area contributed by atoms with Crippen molar-refractivity contribution in [2.45, 2.75) is 239 Å². The summed E-state index contributed by atoms with van der Waals surface area (Å²) in [5, 5.41) is 3.59. The van der Waals surface area contributed by atoms with Crippen LogP contribution < -0.4 is 5.32 Å². The Kier molecular flexibility index (Phi) is 38.4. The third-order valence-corrected chi connectivity index (χ3v) is 9.54. The summed E-state index contributed by atoms with van der Waals surface area (Å²) in [5.41, 5.74) is 0. The Bertz CT molecular complexity index is 624. The molecular formula is C42H83NO4. The highest BCUT2D eigenvalue weighted by Crippen LogP contribution is 2.18. The van der Waals surface area contributed by atoms with Gasteiger partial charge in [-0.1, -0.05) is 162 Å². The van der Waals surface area contributed by atoms with E-state index in [-0.39, 0.29) is 18.0 Å². The number of esters is 2. The SMILES string of the molecule is CCCCCCCCCOC(=O)CCCCCCCNCCCCCCCC(=O)OC(CCCCCCCC)CCCCCCCC. The van der Waals surface area contributed by atoms with E-state index in [0.29, 0.717) is 19.4 Å². The molecule has 0 heterocycles. The molecule has 5 nitrogen and oxygen atoms in total. The molecule has 0 amide bonds. The van der Waals surface area contributed by atoms with E-state index in [0.717, 1.165) is 58.0 Å². The van der Waals surface area contributed by atoms with Crippen molar-refractivity contribution in [3.05, 3.63) is 0 Å². The molecule has 0 unspecified atom stereocenters. The Balaban J connectivity index is 3.63. The minimum Gasteiger partial charge on any atom is -0.466 e. The molecular weight excluding hydrogens is 582 g/mol. The molecule has 0 aliphatic carbocycles. The molecule has 0 fully saturated rings. The van der Waals surface area contributed by atoms with Crippen molar-refractivity contribution in [2.75, 3.05) is 19.7 Å². The van der Waals surface area contributed by atoms with Crippen LogP contribution in [0.5, 0.6) is 0 Å². The average Bonchev–Trinajstić information content (AvgIpc) is 3.07. The molecule has 0 saturated carbocycles. The van der Waals surface area contributed by atoms with Crippen LogP contribution in [0.3, 0.4) is 0 Å². The summed E-state index contributed by atoms with van der Waals surface area (Å²) >= 11 is 0. The van der Waals surface area contributed by atoms with Gasteiger partial charge in [0.05, 0.1) is 6.61 Å². The van der Waals surface area contributed by atoms with Crippen LogP contribution in [-0.4, -0.2) is 37.7 Å². The highest BCUT2D eigenvalue weighted by atomic mass is 16.5. The quantitative estimate of drug-likeness (QED) is 0.0523. The van der Waals surface area contributed by atoms with Gasteiger partial charge in [-0.3, -0.25) is 9.59 Å². The molecule has 5 heteroatoms. The largest absolute Gasteiger partial charge is 0.466 e. The molecule has 0 aromatic rings. The van der Waals surface area contributed by atoms with Gasteiger partial charge < -0.3 is 14.8 Å². The van der Waals surface area contributed by atoms with Crippen LogP contribution in [0.25, 0.3) is 0 Å². The maximum Gasteiger partial charge on any atom is 0.306 e. The normalized spacial score (nSPS) is 11.4. The zero-order valence-corrected chi connectivity index (χ0v) is 32.2. The summed E-state index contributed by atoms with van der Waals surface area (Å²) in [5.74, 6) is 0.0243. The van der Waals surface area contributed by atoms with Gasteiger partial charge in [-0.05, 0) is 70.9 Å². The van der Waals surface area contributed by atoms with Gasteiger partial charge in [0.25, 0.3) is 0 Å². The van der Waals surface area contributed by atoms with Gasteiger partial charge in [0.1, 0.15) is 6.10 Å². The number of nitrogens with one attached hydrogen (secondary N) is 1. The number of ether oxygens (including phenoxy) is 2. The van der Waals surface area contributed by atoms with Gasteiger partial charge in [0, 0.05) is 12.8 Å². The second kappa shape index (κ2) is 39.3. The second-order valence-electron chi connectivity index (χ2n) is 14.4. The van der Waals surface area contributed by atoms with Gasteiger partial charge in [-0.25, -0.2) is 0 Å². The number of rotatable bonds is 39. The van der Waals surface area contributed by atoms with Crippen molar-refractivity contribution in [3.8, 4) is 0 Å². The van der Waals surface area contributed by atoms with Crippen LogP contribution in [0.1, 0.15) is 233 Å². The first-order valence-electron chi connectivity index (χ1n) is 21.2. The second-order valence-corrected chi connectivity index (χ2v) is 14.4. The lowest BCUT2D eigenvalue weighted by molar-refractivity contribution is -0.150. The third kappa shape index (κ3) is 37.6. The molecule has 0 aliphatic rings. The average molecular weight is 666 g/mol. The van der Waals surface area contributed by atoms with E-state index in [1.54, 1.807) is 0 Å². The summed E-state index contributed by atoms with van der Waals surface area (Å²) in [4.78, 5) is 24.5. The summed E-state index contributed by atoms with van der Waals surface area (Å²) in [6.45, 7) is 9.55. The Morgan fingerprint density at radius 1 is 0.426 bits per heavy atom. The predicted molar refractivity (Wildman–Crippen MR) is 203 cm³/mol. The minimum atomic E-state index is -0.0103. The van der Waals surface area contributed by atoms with Crippen molar-refractivity contribution >= 4 is 11.9 Å². The molecule has 0 radical (unpaired) electrons. The Morgan fingerprint density at radius 3 is 1.26 bits per heavy atom. The Morgan fingerprint density at radius 2 is 0.787 bits per heavy atom. The molecule has 47 heavy (non-hydrogen) atoms. The molecule has 0 atom stereocenters. The van der Waals surface area contributed by atoms with Crippen molar-refractivity contribution in [1.29, 1.82) is 0 Å². The monoisotopic (exact) mass is 666 g/mol. The number of carbonyl (C=O) groups excluding carboxylic acids is 2. The molecule has 280 valence electrons. The van der Waals surface area contributed by atoms with Crippen LogP contribution in [0.4, 0.5) is 0 Å². The van der Waals surface area contributed by atoms with Crippen molar-refractivity contribution in [3.63, 3.8) is 0 Å². The van der Waals surface area contributed by atoms with Crippen LogP contribution >= 0.6 is 0 Å². The number of hydrogen-bond donors (Lipinski definition) is 1. The fourth-order valence-electron chi connectivity index (χ4n) is 6.35. The van der Waals surface area contributed by atoms with E-state index in [2.05, 4.69) is 26.1 Å². The topological polar surface area (TPSA) is 64.6 Å². The molecule has 0 rings (SSSR count). The Labute approximate surface area is 294 Å². The molecule has 0 aromatic heterocycles. The fraction of sp³-hybridized carbons (Fsp3) is 0.952. The van der Waals surface area contributed by atoms with Crippen LogP contribution in [0.15, 0.2) is 0 Å².